The highest BCUT2D eigenvalue weighted by Gasteiger charge is 2.18. The van der Waals surface area contributed by atoms with Gasteiger partial charge in [0.1, 0.15) is 0 Å². The van der Waals surface area contributed by atoms with Gasteiger partial charge >= 0.3 is 5.97 Å². The quantitative estimate of drug-likeness (QED) is 0.834. The first-order valence-corrected chi connectivity index (χ1v) is 5.78. The molecular formula is C13H15NO3. The van der Waals surface area contributed by atoms with Crippen molar-refractivity contribution in [2.45, 2.75) is 19.3 Å². The molecule has 4 nitrogen and oxygen atoms in total. The lowest BCUT2D eigenvalue weighted by atomic mass is 9.85. The van der Waals surface area contributed by atoms with Gasteiger partial charge in [-0.15, -0.1) is 0 Å². The smallest absolute Gasteiger partial charge is 0.335 e. The maximum absolute atomic E-state index is 11.7. The number of hydrogen-bond acceptors (Lipinski definition) is 2. The molecule has 2 rings (SSSR count). The Balaban J connectivity index is 1.91. The van der Waals surface area contributed by atoms with E-state index >= 15 is 0 Å². The summed E-state index contributed by atoms with van der Waals surface area (Å²) in [5.41, 5.74) is 0.704. The summed E-state index contributed by atoms with van der Waals surface area (Å²) in [4.78, 5) is 22.4. The highest BCUT2D eigenvalue weighted by molar-refractivity contribution is 5.95. The van der Waals surface area contributed by atoms with Gasteiger partial charge in [-0.25, -0.2) is 4.79 Å². The average molecular weight is 233 g/mol. The second-order valence-electron chi connectivity index (χ2n) is 4.39. The zero-order valence-electron chi connectivity index (χ0n) is 9.48. The van der Waals surface area contributed by atoms with Crippen molar-refractivity contribution in [1.29, 1.82) is 0 Å². The maximum Gasteiger partial charge on any atom is 0.335 e. The highest BCUT2D eigenvalue weighted by Crippen LogP contribution is 2.25. The Morgan fingerprint density at radius 2 is 1.76 bits per heavy atom. The van der Waals surface area contributed by atoms with E-state index in [1.54, 1.807) is 12.1 Å². The molecule has 1 aliphatic carbocycles. The average Bonchev–Trinajstić information content (AvgIpc) is 2.27. The summed E-state index contributed by atoms with van der Waals surface area (Å²) >= 11 is 0. The number of carboxylic acids is 1. The van der Waals surface area contributed by atoms with Crippen molar-refractivity contribution < 1.29 is 14.7 Å². The number of carbonyl (C=O) groups excluding carboxylic acids is 1. The number of amides is 1. The molecule has 2 N–H and O–H groups in total. The van der Waals surface area contributed by atoms with E-state index in [-0.39, 0.29) is 11.5 Å². The van der Waals surface area contributed by atoms with Gasteiger partial charge in [0, 0.05) is 12.1 Å². The van der Waals surface area contributed by atoms with Crippen LogP contribution in [-0.2, 0) is 0 Å². The topological polar surface area (TPSA) is 66.4 Å². The van der Waals surface area contributed by atoms with Gasteiger partial charge in [-0.3, -0.25) is 4.79 Å². The predicted molar refractivity (Wildman–Crippen MR) is 63.1 cm³/mol. The number of nitrogens with one attached hydrogen (secondary N) is 1. The van der Waals surface area contributed by atoms with E-state index < -0.39 is 5.97 Å². The lowest BCUT2D eigenvalue weighted by Gasteiger charge is -2.25. The molecule has 0 radical (unpaired) electrons. The Morgan fingerprint density at radius 3 is 2.24 bits per heavy atom. The fourth-order valence-electron chi connectivity index (χ4n) is 1.80. The summed E-state index contributed by atoms with van der Waals surface area (Å²) in [5.74, 6) is -0.488. The van der Waals surface area contributed by atoms with Crippen molar-refractivity contribution in [3.8, 4) is 0 Å². The van der Waals surface area contributed by atoms with Crippen molar-refractivity contribution in [3.63, 3.8) is 0 Å². The van der Waals surface area contributed by atoms with E-state index in [2.05, 4.69) is 5.32 Å². The van der Waals surface area contributed by atoms with Gasteiger partial charge in [-0.2, -0.15) is 0 Å². The molecule has 0 spiro atoms. The zero-order chi connectivity index (χ0) is 12.3. The van der Waals surface area contributed by atoms with Crippen molar-refractivity contribution in [2.24, 2.45) is 5.92 Å². The first-order valence-electron chi connectivity index (χ1n) is 5.78. The lowest BCUT2D eigenvalue weighted by Crippen LogP contribution is -2.32. The minimum atomic E-state index is -0.980. The second kappa shape index (κ2) is 4.99. The Kier molecular flexibility index (Phi) is 3.42. The van der Waals surface area contributed by atoms with E-state index in [1.807, 2.05) is 0 Å². The van der Waals surface area contributed by atoms with Crippen molar-refractivity contribution in [2.75, 3.05) is 6.54 Å². The van der Waals surface area contributed by atoms with Crippen LogP contribution in [0.4, 0.5) is 0 Å². The third kappa shape index (κ3) is 2.84. The molecule has 1 amide bonds. The predicted octanol–water partition coefficient (Wildman–Crippen LogP) is 1.91. The monoisotopic (exact) mass is 233 g/mol. The van der Waals surface area contributed by atoms with Gasteiger partial charge in [0.25, 0.3) is 5.91 Å². The molecule has 90 valence electrons. The lowest BCUT2D eigenvalue weighted by molar-refractivity contribution is 0.0696. The van der Waals surface area contributed by atoms with Crippen LogP contribution in [-0.4, -0.2) is 23.5 Å². The van der Waals surface area contributed by atoms with Gasteiger partial charge in [-0.05, 0) is 43.0 Å². The largest absolute Gasteiger partial charge is 0.478 e. The van der Waals surface area contributed by atoms with Crippen LogP contribution in [0.2, 0.25) is 0 Å². The van der Waals surface area contributed by atoms with Crippen LogP contribution in [0.15, 0.2) is 24.3 Å². The first-order chi connectivity index (χ1) is 8.16. The molecule has 1 aromatic carbocycles. The number of carbonyl (C=O) groups is 2. The minimum Gasteiger partial charge on any atom is -0.478 e. The molecule has 0 saturated heterocycles. The van der Waals surface area contributed by atoms with Crippen LogP contribution in [0.1, 0.15) is 40.0 Å². The van der Waals surface area contributed by atoms with Crippen LogP contribution in [0.3, 0.4) is 0 Å². The van der Waals surface area contributed by atoms with Gasteiger partial charge in [0.05, 0.1) is 5.56 Å². The Labute approximate surface area is 99.6 Å². The summed E-state index contributed by atoms with van der Waals surface area (Å²) in [6.07, 6.45) is 3.64. The fraction of sp³-hybridized carbons (Fsp3) is 0.385. The summed E-state index contributed by atoms with van der Waals surface area (Å²) in [6, 6.07) is 5.97. The van der Waals surface area contributed by atoms with Gasteiger partial charge in [0.2, 0.25) is 0 Å². The van der Waals surface area contributed by atoms with Crippen molar-refractivity contribution in [1.82, 2.24) is 5.32 Å². The molecule has 0 unspecified atom stereocenters. The van der Waals surface area contributed by atoms with Crippen LogP contribution in [0, 0.1) is 5.92 Å². The minimum absolute atomic E-state index is 0.131. The van der Waals surface area contributed by atoms with E-state index in [0.29, 0.717) is 11.5 Å². The van der Waals surface area contributed by atoms with E-state index in [1.165, 1.54) is 31.4 Å². The SMILES string of the molecule is O=C(O)c1ccc(C(=O)NCC2CCC2)cc1. The molecule has 0 aliphatic heterocycles. The maximum atomic E-state index is 11.7. The second-order valence-corrected chi connectivity index (χ2v) is 4.39. The third-order valence-corrected chi connectivity index (χ3v) is 3.17. The number of rotatable bonds is 4. The van der Waals surface area contributed by atoms with Gasteiger partial charge in [0.15, 0.2) is 0 Å². The molecule has 17 heavy (non-hydrogen) atoms. The molecule has 1 fully saturated rings. The number of aromatic carboxylic acids is 1. The standard InChI is InChI=1S/C13H15NO3/c15-12(14-8-9-2-1-3-9)10-4-6-11(7-5-10)13(16)17/h4-7,9H,1-3,8H2,(H,14,15)(H,16,17). The van der Waals surface area contributed by atoms with Crippen molar-refractivity contribution >= 4 is 11.9 Å². The number of hydrogen-bond donors (Lipinski definition) is 2. The van der Waals surface area contributed by atoms with E-state index in [9.17, 15) is 9.59 Å². The molecule has 1 aliphatic rings. The Hall–Kier alpha value is -1.84. The number of carboxylic acid groups (broad SMARTS) is 1. The fourth-order valence-corrected chi connectivity index (χ4v) is 1.80. The van der Waals surface area contributed by atoms with Crippen LogP contribution in [0.25, 0.3) is 0 Å². The Morgan fingerprint density at radius 1 is 1.18 bits per heavy atom. The normalized spacial score (nSPS) is 15.1. The van der Waals surface area contributed by atoms with Crippen molar-refractivity contribution in [3.05, 3.63) is 35.4 Å². The highest BCUT2D eigenvalue weighted by atomic mass is 16.4. The number of benzene rings is 1. The van der Waals surface area contributed by atoms with Gasteiger partial charge < -0.3 is 10.4 Å². The molecular weight excluding hydrogens is 218 g/mol. The molecule has 0 bridgehead atoms. The molecule has 0 atom stereocenters. The molecule has 4 heteroatoms. The van der Waals surface area contributed by atoms with Crippen LogP contribution < -0.4 is 5.32 Å². The van der Waals surface area contributed by atoms with Gasteiger partial charge in [-0.1, -0.05) is 6.42 Å². The molecule has 1 aromatic rings. The van der Waals surface area contributed by atoms with Crippen LogP contribution >= 0.6 is 0 Å². The first kappa shape index (κ1) is 11.6. The van der Waals surface area contributed by atoms with E-state index in [4.69, 9.17) is 5.11 Å². The zero-order valence-corrected chi connectivity index (χ0v) is 9.48. The van der Waals surface area contributed by atoms with Crippen LogP contribution in [0.5, 0.6) is 0 Å². The summed E-state index contributed by atoms with van der Waals surface area (Å²) in [7, 11) is 0. The van der Waals surface area contributed by atoms with E-state index in [0.717, 1.165) is 6.54 Å². The summed E-state index contributed by atoms with van der Waals surface area (Å²) in [6.45, 7) is 0.722. The molecule has 1 saturated carbocycles. The Bertz CT molecular complexity index is 421. The molecule has 0 heterocycles. The summed E-state index contributed by atoms with van der Waals surface area (Å²) < 4.78 is 0. The molecule has 0 aromatic heterocycles. The third-order valence-electron chi connectivity index (χ3n) is 3.17. The summed E-state index contributed by atoms with van der Waals surface area (Å²) in [5, 5.41) is 11.6.